The standard InChI is InChI=1S/C17H16F2N2O2/c1-17(2)8-16(22)21(10-17)15-6-4-12(9-20-15)23-11-3-5-13(18)14(19)7-11/h3-7,9H,8,10H2,1-2H3. The number of carbonyl (C=O) groups is 1. The zero-order valence-electron chi connectivity index (χ0n) is 12.8. The van der Waals surface area contributed by atoms with Gasteiger partial charge in [-0.3, -0.25) is 9.69 Å². The fourth-order valence-electron chi connectivity index (χ4n) is 2.55. The van der Waals surface area contributed by atoms with E-state index in [1.807, 2.05) is 13.8 Å². The molecular weight excluding hydrogens is 302 g/mol. The number of halogens is 2. The van der Waals surface area contributed by atoms with Crippen LogP contribution in [0.3, 0.4) is 0 Å². The molecule has 0 unspecified atom stereocenters. The second kappa shape index (κ2) is 5.61. The highest BCUT2D eigenvalue weighted by Crippen LogP contribution is 2.33. The summed E-state index contributed by atoms with van der Waals surface area (Å²) in [5.74, 6) is -0.754. The summed E-state index contributed by atoms with van der Waals surface area (Å²) in [7, 11) is 0. The van der Waals surface area contributed by atoms with Crippen LogP contribution >= 0.6 is 0 Å². The van der Waals surface area contributed by atoms with E-state index in [4.69, 9.17) is 4.74 Å². The number of pyridine rings is 1. The third kappa shape index (κ3) is 3.31. The zero-order valence-corrected chi connectivity index (χ0v) is 12.8. The van der Waals surface area contributed by atoms with Crippen molar-refractivity contribution in [1.29, 1.82) is 0 Å². The minimum absolute atomic E-state index is 0.0387. The van der Waals surface area contributed by atoms with Gasteiger partial charge in [0.05, 0.1) is 6.20 Å². The highest BCUT2D eigenvalue weighted by Gasteiger charge is 2.36. The predicted molar refractivity (Wildman–Crippen MR) is 81.4 cm³/mol. The Morgan fingerprint density at radius 1 is 1.13 bits per heavy atom. The van der Waals surface area contributed by atoms with Crippen molar-refractivity contribution in [2.45, 2.75) is 20.3 Å². The SMILES string of the molecule is CC1(C)CC(=O)N(c2ccc(Oc3ccc(F)c(F)c3)cn2)C1. The third-order valence-electron chi connectivity index (χ3n) is 3.64. The molecule has 4 nitrogen and oxygen atoms in total. The fraction of sp³-hybridized carbons (Fsp3) is 0.294. The molecule has 6 heteroatoms. The second-order valence-electron chi connectivity index (χ2n) is 6.35. The van der Waals surface area contributed by atoms with Crippen molar-refractivity contribution in [1.82, 2.24) is 4.98 Å². The minimum Gasteiger partial charge on any atom is -0.456 e. The first-order valence-corrected chi connectivity index (χ1v) is 7.23. The van der Waals surface area contributed by atoms with E-state index < -0.39 is 11.6 Å². The van der Waals surface area contributed by atoms with Crippen LogP contribution in [0.5, 0.6) is 11.5 Å². The van der Waals surface area contributed by atoms with Crippen LogP contribution in [0.15, 0.2) is 36.5 Å². The fourth-order valence-corrected chi connectivity index (χ4v) is 2.55. The van der Waals surface area contributed by atoms with E-state index in [9.17, 15) is 13.6 Å². The molecule has 1 saturated heterocycles. The summed E-state index contributed by atoms with van der Waals surface area (Å²) in [5, 5.41) is 0. The summed E-state index contributed by atoms with van der Waals surface area (Å²) < 4.78 is 31.5. The van der Waals surface area contributed by atoms with Gasteiger partial charge < -0.3 is 4.74 Å². The van der Waals surface area contributed by atoms with Gasteiger partial charge in [-0.1, -0.05) is 13.8 Å². The van der Waals surface area contributed by atoms with Gasteiger partial charge >= 0.3 is 0 Å². The van der Waals surface area contributed by atoms with Crippen LogP contribution in [0.2, 0.25) is 0 Å². The van der Waals surface area contributed by atoms with Crippen LogP contribution in [0.25, 0.3) is 0 Å². The van der Waals surface area contributed by atoms with Crippen molar-refractivity contribution < 1.29 is 18.3 Å². The summed E-state index contributed by atoms with van der Waals surface area (Å²) >= 11 is 0. The van der Waals surface area contributed by atoms with E-state index in [0.29, 0.717) is 24.5 Å². The Labute approximate surface area is 132 Å². The number of benzene rings is 1. The number of anilines is 1. The van der Waals surface area contributed by atoms with Crippen LogP contribution in [0, 0.1) is 17.0 Å². The molecule has 1 aliphatic rings. The summed E-state index contributed by atoms with van der Waals surface area (Å²) in [5.41, 5.74) is -0.0699. The molecule has 0 bridgehead atoms. The van der Waals surface area contributed by atoms with Gasteiger partial charge in [-0.2, -0.15) is 0 Å². The summed E-state index contributed by atoms with van der Waals surface area (Å²) in [6.45, 7) is 4.68. The lowest BCUT2D eigenvalue weighted by Gasteiger charge is -2.18. The van der Waals surface area contributed by atoms with Gasteiger partial charge in [-0.05, 0) is 29.7 Å². The maximum atomic E-state index is 13.2. The molecule has 0 atom stereocenters. The molecule has 2 aromatic rings. The van der Waals surface area contributed by atoms with E-state index in [-0.39, 0.29) is 17.1 Å². The molecule has 0 aliphatic carbocycles. The number of rotatable bonds is 3. The molecule has 0 radical (unpaired) electrons. The molecule has 1 fully saturated rings. The van der Waals surface area contributed by atoms with Crippen LogP contribution < -0.4 is 9.64 Å². The normalized spacial score (nSPS) is 16.7. The summed E-state index contributed by atoms with van der Waals surface area (Å²) in [6.07, 6.45) is 1.94. The molecule has 1 aromatic heterocycles. The Morgan fingerprint density at radius 2 is 1.87 bits per heavy atom. The first kappa shape index (κ1) is 15.4. The van der Waals surface area contributed by atoms with E-state index in [1.165, 1.54) is 12.3 Å². The molecule has 23 heavy (non-hydrogen) atoms. The van der Waals surface area contributed by atoms with Crippen molar-refractivity contribution in [2.24, 2.45) is 5.41 Å². The largest absolute Gasteiger partial charge is 0.456 e. The maximum Gasteiger partial charge on any atom is 0.228 e. The van der Waals surface area contributed by atoms with Crippen molar-refractivity contribution in [3.05, 3.63) is 48.2 Å². The van der Waals surface area contributed by atoms with E-state index in [2.05, 4.69) is 4.98 Å². The average Bonchev–Trinajstić information content (AvgIpc) is 2.77. The Kier molecular flexibility index (Phi) is 3.75. The molecule has 0 N–H and O–H groups in total. The van der Waals surface area contributed by atoms with Crippen LogP contribution in [0.4, 0.5) is 14.6 Å². The lowest BCUT2D eigenvalue weighted by atomic mass is 9.93. The summed E-state index contributed by atoms with van der Waals surface area (Å²) in [4.78, 5) is 17.9. The van der Waals surface area contributed by atoms with Gasteiger partial charge in [0.1, 0.15) is 17.3 Å². The molecule has 3 rings (SSSR count). The zero-order chi connectivity index (χ0) is 16.6. The maximum absolute atomic E-state index is 13.2. The number of ether oxygens (including phenoxy) is 1. The summed E-state index contributed by atoms with van der Waals surface area (Å²) in [6, 6.07) is 6.61. The monoisotopic (exact) mass is 318 g/mol. The Bertz CT molecular complexity index is 745. The predicted octanol–water partition coefficient (Wildman–Crippen LogP) is 3.92. The lowest BCUT2D eigenvalue weighted by Crippen LogP contribution is -2.26. The Morgan fingerprint density at radius 3 is 2.43 bits per heavy atom. The molecule has 0 saturated carbocycles. The van der Waals surface area contributed by atoms with Crippen molar-refractivity contribution in [3.63, 3.8) is 0 Å². The van der Waals surface area contributed by atoms with Crippen molar-refractivity contribution in [3.8, 4) is 11.5 Å². The number of hydrogen-bond acceptors (Lipinski definition) is 3. The number of aromatic nitrogens is 1. The molecular formula is C17H16F2N2O2. The number of hydrogen-bond donors (Lipinski definition) is 0. The molecule has 0 spiro atoms. The van der Waals surface area contributed by atoms with E-state index >= 15 is 0 Å². The highest BCUT2D eigenvalue weighted by molar-refractivity contribution is 5.95. The topological polar surface area (TPSA) is 42.4 Å². The first-order valence-electron chi connectivity index (χ1n) is 7.23. The third-order valence-corrected chi connectivity index (χ3v) is 3.64. The number of carbonyl (C=O) groups excluding carboxylic acids is 1. The Hall–Kier alpha value is -2.50. The molecule has 1 aromatic carbocycles. The lowest BCUT2D eigenvalue weighted by molar-refractivity contribution is -0.117. The second-order valence-corrected chi connectivity index (χ2v) is 6.35. The first-order chi connectivity index (χ1) is 10.8. The van der Waals surface area contributed by atoms with Gasteiger partial charge in [0.25, 0.3) is 0 Å². The molecule has 120 valence electrons. The van der Waals surface area contributed by atoms with Crippen LogP contribution in [0.1, 0.15) is 20.3 Å². The minimum atomic E-state index is -0.975. The average molecular weight is 318 g/mol. The van der Waals surface area contributed by atoms with Crippen molar-refractivity contribution >= 4 is 11.7 Å². The van der Waals surface area contributed by atoms with E-state index in [0.717, 1.165) is 12.1 Å². The van der Waals surface area contributed by atoms with Gasteiger partial charge in [0, 0.05) is 19.0 Å². The smallest absolute Gasteiger partial charge is 0.228 e. The molecule has 2 heterocycles. The van der Waals surface area contributed by atoms with Crippen LogP contribution in [-0.2, 0) is 4.79 Å². The number of nitrogens with zero attached hydrogens (tertiary/aromatic N) is 2. The highest BCUT2D eigenvalue weighted by atomic mass is 19.2. The quantitative estimate of drug-likeness (QED) is 0.861. The van der Waals surface area contributed by atoms with Gasteiger partial charge in [0.15, 0.2) is 11.6 Å². The van der Waals surface area contributed by atoms with Crippen molar-refractivity contribution in [2.75, 3.05) is 11.4 Å². The van der Waals surface area contributed by atoms with E-state index in [1.54, 1.807) is 17.0 Å². The Balaban J connectivity index is 1.75. The van der Waals surface area contributed by atoms with Gasteiger partial charge in [-0.15, -0.1) is 0 Å². The molecule has 1 amide bonds. The van der Waals surface area contributed by atoms with Gasteiger partial charge in [-0.25, -0.2) is 13.8 Å². The van der Waals surface area contributed by atoms with Crippen LogP contribution in [-0.4, -0.2) is 17.4 Å². The molecule has 1 aliphatic heterocycles. The van der Waals surface area contributed by atoms with Gasteiger partial charge in [0.2, 0.25) is 5.91 Å². The number of amides is 1.